The van der Waals surface area contributed by atoms with Crippen molar-refractivity contribution in [3.8, 4) is 5.82 Å². The SMILES string of the molecule is Cc1cc(C)c(CN)c(-n2cc(C(N)=O)cn2)n1. The van der Waals surface area contributed by atoms with Crippen molar-refractivity contribution in [3.05, 3.63) is 40.8 Å². The topological polar surface area (TPSA) is 99.8 Å². The summed E-state index contributed by atoms with van der Waals surface area (Å²) >= 11 is 0. The summed E-state index contributed by atoms with van der Waals surface area (Å²) in [5.74, 6) is 0.127. The van der Waals surface area contributed by atoms with Gasteiger partial charge in [0.2, 0.25) is 0 Å². The van der Waals surface area contributed by atoms with E-state index in [1.165, 1.54) is 10.9 Å². The summed E-state index contributed by atoms with van der Waals surface area (Å²) in [6.45, 7) is 4.23. The van der Waals surface area contributed by atoms with Crippen molar-refractivity contribution >= 4 is 5.91 Å². The molecule has 0 aliphatic carbocycles. The number of hydrogen-bond acceptors (Lipinski definition) is 4. The number of rotatable bonds is 3. The van der Waals surface area contributed by atoms with Gasteiger partial charge in [-0.25, -0.2) is 9.67 Å². The van der Waals surface area contributed by atoms with Gasteiger partial charge >= 0.3 is 0 Å². The van der Waals surface area contributed by atoms with Crippen LogP contribution in [0.25, 0.3) is 5.82 Å². The molecule has 2 rings (SSSR count). The van der Waals surface area contributed by atoms with Crippen LogP contribution in [0.4, 0.5) is 0 Å². The van der Waals surface area contributed by atoms with Crippen molar-refractivity contribution in [1.29, 1.82) is 0 Å². The highest BCUT2D eigenvalue weighted by Crippen LogP contribution is 2.17. The number of carbonyl (C=O) groups is 1. The van der Waals surface area contributed by atoms with E-state index in [0.29, 0.717) is 17.9 Å². The summed E-state index contributed by atoms with van der Waals surface area (Å²) < 4.78 is 1.53. The highest BCUT2D eigenvalue weighted by Gasteiger charge is 2.12. The Bertz CT molecular complexity index is 603. The minimum absolute atomic E-state index is 0.346. The number of carbonyl (C=O) groups excluding carboxylic acids is 1. The van der Waals surface area contributed by atoms with E-state index in [1.807, 2.05) is 19.9 Å². The first kappa shape index (κ1) is 12.3. The van der Waals surface area contributed by atoms with E-state index >= 15 is 0 Å². The Morgan fingerprint density at radius 2 is 2.17 bits per heavy atom. The summed E-state index contributed by atoms with van der Waals surface area (Å²) in [6, 6.07) is 1.96. The molecule has 18 heavy (non-hydrogen) atoms. The summed E-state index contributed by atoms with van der Waals surface area (Å²) in [6.07, 6.45) is 2.98. The predicted octanol–water partition coefficient (Wildman–Crippen LogP) is 0.442. The van der Waals surface area contributed by atoms with Gasteiger partial charge in [0, 0.05) is 24.0 Å². The standard InChI is InChI=1S/C12H15N5O/c1-7-3-8(2)16-12(10(7)4-13)17-6-9(5-15-17)11(14)18/h3,5-6H,4,13H2,1-2H3,(H2,14,18). The third-order valence-corrected chi connectivity index (χ3v) is 2.74. The number of amides is 1. The third kappa shape index (κ3) is 2.10. The molecule has 0 bridgehead atoms. The van der Waals surface area contributed by atoms with Crippen LogP contribution < -0.4 is 11.5 Å². The molecule has 0 spiro atoms. The van der Waals surface area contributed by atoms with Gasteiger partial charge in [-0.15, -0.1) is 0 Å². The lowest BCUT2D eigenvalue weighted by atomic mass is 10.1. The summed E-state index contributed by atoms with van der Waals surface area (Å²) in [7, 11) is 0. The van der Waals surface area contributed by atoms with Crippen LogP contribution >= 0.6 is 0 Å². The maximum Gasteiger partial charge on any atom is 0.251 e. The molecule has 6 nitrogen and oxygen atoms in total. The van der Waals surface area contributed by atoms with E-state index in [0.717, 1.165) is 16.8 Å². The van der Waals surface area contributed by atoms with Gasteiger partial charge in [0.15, 0.2) is 5.82 Å². The highest BCUT2D eigenvalue weighted by atomic mass is 16.1. The lowest BCUT2D eigenvalue weighted by Gasteiger charge is -2.11. The van der Waals surface area contributed by atoms with E-state index in [2.05, 4.69) is 10.1 Å². The van der Waals surface area contributed by atoms with Crippen molar-refractivity contribution in [2.45, 2.75) is 20.4 Å². The third-order valence-electron chi connectivity index (χ3n) is 2.74. The van der Waals surface area contributed by atoms with Crippen LogP contribution in [-0.4, -0.2) is 20.7 Å². The first-order valence-corrected chi connectivity index (χ1v) is 5.55. The Balaban J connectivity index is 2.58. The van der Waals surface area contributed by atoms with Crippen LogP contribution in [0.1, 0.15) is 27.2 Å². The lowest BCUT2D eigenvalue weighted by Crippen LogP contribution is -2.11. The maximum atomic E-state index is 11.1. The quantitative estimate of drug-likeness (QED) is 0.819. The molecule has 0 fully saturated rings. The van der Waals surface area contributed by atoms with Crippen LogP contribution in [0.2, 0.25) is 0 Å². The van der Waals surface area contributed by atoms with Gasteiger partial charge in [0.05, 0.1) is 11.8 Å². The highest BCUT2D eigenvalue weighted by molar-refractivity contribution is 5.92. The van der Waals surface area contributed by atoms with Gasteiger partial charge < -0.3 is 11.5 Å². The Kier molecular flexibility index (Phi) is 3.12. The number of aryl methyl sites for hydroxylation is 2. The second-order valence-electron chi connectivity index (χ2n) is 4.12. The van der Waals surface area contributed by atoms with Crippen molar-refractivity contribution < 1.29 is 4.79 Å². The number of primary amides is 1. The average Bonchev–Trinajstić information content (AvgIpc) is 2.77. The first-order chi connectivity index (χ1) is 8.52. The van der Waals surface area contributed by atoms with E-state index in [1.54, 1.807) is 6.20 Å². The Morgan fingerprint density at radius 3 is 2.72 bits per heavy atom. The molecule has 0 radical (unpaired) electrons. The average molecular weight is 245 g/mol. The molecule has 0 aliphatic rings. The molecule has 2 heterocycles. The van der Waals surface area contributed by atoms with Gasteiger partial charge in [0.25, 0.3) is 5.91 Å². The molecule has 6 heteroatoms. The van der Waals surface area contributed by atoms with Crippen molar-refractivity contribution in [3.63, 3.8) is 0 Å². The number of nitrogens with two attached hydrogens (primary N) is 2. The molecule has 2 aromatic rings. The van der Waals surface area contributed by atoms with Crippen molar-refractivity contribution in [1.82, 2.24) is 14.8 Å². The van der Waals surface area contributed by atoms with E-state index in [9.17, 15) is 4.79 Å². The molecule has 2 aromatic heterocycles. The van der Waals surface area contributed by atoms with Gasteiger partial charge in [-0.3, -0.25) is 4.79 Å². The number of nitrogens with zero attached hydrogens (tertiary/aromatic N) is 3. The zero-order chi connectivity index (χ0) is 13.3. The molecule has 4 N–H and O–H groups in total. The van der Waals surface area contributed by atoms with Crippen LogP contribution in [0.15, 0.2) is 18.5 Å². The van der Waals surface area contributed by atoms with E-state index < -0.39 is 5.91 Å². The zero-order valence-electron chi connectivity index (χ0n) is 10.3. The maximum absolute atomic E-state index is 11.1. The van der Waals surface area contributed by atoms with Gasteiger partial charge in [0.1, 0.15) is 0 Å². The lowest BCUT2D eigenvalue weighted by molar-refractivity contribution is 0.100. The normalized spacial score (nSPS) is 10.6. The number of pyridine rings is 1. The van der Waals surface area contributed by atoms with Gasteiger partial charge in [-0.1, -0.05) is 0 Å². The second-order valence-corrected chi connectivity index (χ2v) is 4.12. The summed E-state index contributed by atoms with van der Waals surface area (Å²) in [4.78, 5) is 15.5. The minimum atomic E-state index is -0.514. The van der Waals surface area contributed by atoms with E-state index in [-0.39, 0.29) is 0 Å². The number of hydrogen-bond donors (Lipinski definition) is 2. The van der Waals surface area contributed by atoms with Crippen molar-refractivity contribution in [2.24, 2.45) is 11.5 Å². The molecule has 1 amide bonds. The molecule has 0 saturated carbocycles. The van der Waals surface area contributed by atoms with Gasteiger partial charge in [-0.05, 0) is 25.5 Å². The Labute approximate surface area is 105 Å². The fourth-order valence-electron chi connectivity index (χ4n) is 1.85. The largest absolute Gasteiger partial charge is 0.366 e. The molecular formula is C12H15N5O. The Morgan fingerprint density at radius 1 is 1.44 bits per heavy atom. The fraction of sp³-hybridized carbons (Fsp3) is 0.250. The van der Waals surface area contributed by atoms with Crippen LogP contribution in [0.5, 0.6) is 0 Å². The smallest absolute Gasteiger partial charge is 0.251 e. The molecule has 0 unspecified atom stereocenters. The fourth-order valence-corrected chi connectivity index (χ4v) is 1.85. The second kappa shape index (κ2) is 4.58. The molecule has 0 saturated heterocycles. The molecule has 0 aromatic carbocycles. The molecule has 0 atom stereocenters. The molecule has 0 aliphatic heterocycles. The monoisotopic (exact) mass is 245 g/mol. The number of aromatic nitrogens is 3. The van der Waals surface area contributed by atoms with Crippen molar-refractivity contribution in [2.75, 3.05) is 0 Å². The molecular weight excluding hydrogens is 230 g/mol. The first-order valence-electron chi connectivity index (χ1n) is 5.55. The van der Waals surface area contributed by atoms with Crippen LogP contribution in [0, 0.1) is 13.8 Å². The zero-order valence-corrected chi connectivity index (χ0v) is 10.3. The minimum Gasteiger partial charge on any atom is -0.366 e. The predicted molar refractivity (Wildman–Crippen MR) is 67.2 cm³/mol. The van der Waals surface area contributed by atoms with Crippen LogP contribution in [-0.2, 0) is 6.54 Å². The van der Waals surface area contributed by atoms with Crippen LogP contribution in [0.3, 0.4) is 0 Å². The van der Waals surface area contributed by atoms with E-state index in [4.69, 9.17) is 11.5 Å². The summed E-state index contributed by atoms with van der Waals surface area (Å²) in [5.41, 5.74) is 14.1. The van der Waals surface area contributed by atoms with Gasteiger partial charge in [-0.2, -0.15) is 5.10 Å². The summed E-state index contributed by atoms with van der Waals surface area (Å²) in [5, 5.41) is 4.10. The Hall–Kier alpha value is -2.21. The molecule has 94 valence electrons.